The van der Waals surface area contributed by atoms with Crippen LogP contribution in [-0.2, 0) is 9.59 Å². The monoisotopic (exact) mass is 222 g/mol. The Bertz CT molecular complexity index is 384. The van der Waals surface area contributed by atoms with Gasteiger partial charge in [-0.05, 0) is 31.6 Å². The number of carbonyl (C=O) groups is 2. The molecule has 0 saturated carbocycles. The second-order valence-electron chi connectivity index (χ2n) is 5.14. The Kier molecular flexibility index (Phi) is 3.20. The highest BCUT2D eigenvalue weighted by Gasteiger charge is 2.45. The lowest BCUT2D eigenvalue weighted by atomic mass is 9.65. The van der Waals surface area contributed by atoms with Gasteiger partial charge >= 0.3 is 0 Å². The number of hydrogen-bond donors (Lipinski definition) is 1. The lowest BCUT2D eigenvalue weighted by Crippen LogP contribution is -2.47. The van der Waals surface area contributed by atoms with Crippen LogP contribution >= 0.6 is 0 Å². The molecule has 0 radical (unpaired) electrons. The minimum atomic E-state index is -1.09. The first-order valence-electron chi connectivity index (χ1n) is 5.33. The summed E-state index contributed by atoms with van der Waals surface area (Å²) in [6.45, 7) is 6.80. The van der Waals surface area contributed by atoms with Gasteiger partial charge < -0.3 is 5.11 Å². The summed E-state index contributed by atoms with van der Waals surface area (Å²) in [5.74, 6) is -0.118. The summed E-state index contributed by atoms with van der Waals surface area (Å²) >= 11 is 0. The molecule has 0 aromatic carbocycles. The molecule has 1 aliphatic carbocycles. The average Bonchev–Trinajstić information content (AvgIpc) is 2.08. The molecule has 1 rings (SSSR count). The van der Waals surface area contributed by atoms with Crippen LogP contribution in [0.5, 0.6) is 0 Å². The fraction of sp³-hybridized carbons (Fsp3) is 0.538. The molecular formula is C13H18O3. The number of allylic oxidation sites excluding steroid dienone is 2. The van der Waals surface area contributed by atoms with E-state index in [0.717, 1.165) is 0 Å². The molecule has 16 heavy (non-hydrogen) atoms. The van der Waals surface area contributed by atoms with E-state index in [2.05, 4.69) is 0 Å². The van der Waals surface area contributed by atoms with E-state index in [1.54, 1.807) is 6.92 Å². The van der Waals surface area contributed by atoms with Crippen molar-refractivity contribution in [2.75, 3.05) is 0 Å². The third kappa shape index (κ3) is 2.30. The van der Waals surface area contributed by atoms with Gasteiger partial charge in [0.15, 0.2) is 11.6 Å². The standard InChI is InChI=1S/C13H18O3/c1-9(14)5-6-10-7-11(15)8-12(2,3)13(10,4)16/h5-7,16H,8H2,1-4H3/b6-5+/t13-/m0/s1. The molecule has 1 atom stereocenters. The Morgan fingerprint density at radius 3 is 2.50 bits per heavy atom. The van der Waals surface area contributed by atoms with Gasteiger partial charge in [-0.2, -0.15) is 0 Å². The Labute approximate surface area is 95.9 Å². The van der Waals surface area contributed by atoms with Crippen LogP contribution < -0.4 is 0 Å². The van der Waals surface area contributed by atoms with Crippen LogP contribution in [0, 0.1) is 5.41 Å². The minimum Gasteiger partial charge on any atom is -0.385 e. The van der Waals surface area contributed by atoms with Gasteiger partial charge in [-0.1, -0.05) is 19.9 Å². The molecule has 1 N–H and O–H groups in total. The molecule has 0 aromatic rings. The van der Waals surface area contributed by atoms with Gasteiger partial charge in [0, 0.05) is 11.8 Å². The molecule has 3 heteroatoms. The minimum absolute atomic E-state index is 0.0141. The van der Waals surface area contributed by atoms with Crippen molar-refractivity contribution >= 4 is 11.6 Å². The Morgan fingerprint density at radius 2 is 2.00 bits per heavy atom. The fourth-order valence-electron chi connectivity index (χ4n) is 1.78. The summed E-state index contributed by atoms with van der Waals surface area (Å²) < 4.78 is 0. The zero-order valence-electron chi connectivity index (χ0n) is 10.2. The molecule has 0 bridgehead atoms. The lowest BCUT2D eigenvalue weighted by molar-refractivity contribution is -0.122. The van der Waals surface area contributed by atoms with Crippen molar-refractivity contribution < 1.29 is 14.7 Å². The number of hydrogen-bond acceptors (Lipinski definition) is 3. The van der Waals surface area contributed by atoms with Gasteiger partial charge in [0.2, 0.25) is 0 Å². The molecule has 1 aliphatic rings. The van der Waals surface area contributed by atoms with Crippen LogP contribution in [0.1, 0.15) is 34.1 Å². The molecule has 0 aliphatic heterocycles. The molecule has 0 unspecified atom stereocenters. The number of carbonyl (C=O) groups excluding carboxylic acids is 2. The molecular weight excluding hydrogens is 204 g/mol. The maximum absolute atomic E-state index is 11.5. The second-order valence-corrected chi connectivity index (χ2v) is 5.14. The second kappa shape index (κ2) is 3.98. The summed E-state index contributed by atoms with van der Waals surface area (Å²) in [6, 6.07) is 0. The van der Waals surface area contributed by atoms with E-state index in [1.165, 1.54) is 25.2 Å². The van der Waals surface area contributed by atoms with E-state index in [1.807, 2.05) is 13.8 Å². The molecule has 88 valence electrons. The summed E-state index contributed by atoms with van der Waals surface area (Å²) in [5, 5.41) is 10.4. The van der Waals surface area contributed by atoms with Crippen molar-refractivity contribution in [3.8, 4) is 0 Å². The first-order chi connectivity index (χ1) is 7.17. The van der Waals surface area contributed by atoms with Crippen molar-refractivity contribution in [1.82, 2.24) is 0 Å². The predicted octanol–water partition coefficient (Wildman–Crippen LogP) is 1.81. The quantitative estimate of drug-likeness (QED) is 0.725. The Hall–Kier alpha value is -1.22. The fourth-order valence-corrected chi connectivity index (χ4v) is 1.78. The maximum Gasteiger partial charge on any atom is 0.156 e. The average molecular weight is 222 g/mol. The molecule has 3 nitrogen and oxygen atoms in total. The van der Waals surface area contributed by atoms with Crippen LogP contribution in [0.15, 0.2) is 23.8 Å². The van der Waals surface area contributed by atoms with E-state index >= 15 is 0 Å². The molecule has 0 aromatic heterocycles. The first-order valence-corrected chi connectivity index (χ1v) is 5.33. The van der Waals surface area contributed by atoms with Gasteiger partial charge in [-0.3, -0.25) is 9.59 Å². The van der Waals surface area contributed by atoms with Crippen LogP contribution in [0.3, 0.4) is 0 Å². The van der Waals surface area contributed by atoms with Crippen molar-refractivity contribution in [1.29, 1.82) is 0 Å². The summed E-state index contributed by atoms with van der Waals surface area (Å²) in [6.07, 6.45) is 4.64. The van der Waals surface area contributed by atoms with Crippen molar-refractivity contribution in [3.05, 3.63) is 23.8 Å². The third-order valence-corrected chi connectivity index (χ3v) is 3.31. The smallest absolute Gasteiger partial charge is 0.156 e. The largest absolute Gasteiger partial charge is 0.385 e. The van der Waals surface area contributed by atoms with Crippen molar-refractivity contribution in [2.24, 2.45) is 5.41 Å². The van der Waals surface area contributed by atoms with Gasteiger partial charge in [0.05, 0.1) is 5.60 Å². The maximum atomic E-state index is 11.5. The predicted molar refractivity (Wildman–Crippen MR) is 61.9 cm³/mol. The first kappa shape index (κ1) is 12.8. The van der Waals surface area contributed by atoms with Gasteiger partial charge in [-0.25, -0.2) is 0 Å². The molecule has 0 amide bonds. The highest BCUT2D eigenvalue weighted by atomic mass is 16.3. The van der Waals surface area contributed by atoms with Gasteiger partial charge in [-0.15, -0.1) is 0 Å². The molecule has 0 heterocycles. The van der Waals surface area contributed by atoms with E-state index < -0.39 is 11.0 Å². The Morgan fingerprint density at radius 1 is 1.44 bits per heavy atom. The summed E-state index contributed by atoms with van der Waals surface area (Å²) in [7, 11) is 0. The van der Waals surface area contributed by atoms with Crippen molar-refractivity contribution in [2.45, 2.75) is 39.7 Å². The van der Waals surface area contributed by atoms with Crippen LogP contribution in [0.2, 0.25) is 0 Å². The van der Waals surface area contributed by atoms with Crippen molar-refractivity contribution in [3.63, 3.8) is 0 Å². The number of ketones is 2. The van der Waals surface area contributed by atoms with E-state index in [4.69, 9.17) is 0 Å². The van der Waals surface area contributed by atoms with E-state index in [0.29, 0.717) is 12.0 Å². The molecule has 0 fully saturated rings. The van der Waals surface area contributed by atoms with E-state index in [9.17, 15) is 14.7 Å². The summed E-state index contributed by atoms with van der Waals surface area (Å²) in [4.78, 5) is 22.4. The number of rotatable bonds is 2. The van der Waals surface area contributed by atoms with Gasteiger partial charge in [0.25, 0.3) is 0 Å². The normalized spacial score (nSPS) is 29.3. The van der Waals surface area contributed by atoms with E-state index in [-0.39, 0.29) is 11.6 Å². The topological polar surface area (TPSA) is 54.4 Å². The lowest BCUT2D eigenvalue weighted by Gasteiger charge is -2.43. The van der Waals surface area contributed by atoms with Crippen LogP contribution in [0.25, 0.3) is 0 Å². The highest BCUT2D eigenvalue weighted by molar-refractivity contribution is 5.94. The summed E-state index contributed by atoms with van der Waals surface area (Å²) in [5.41, 5.74) is -1.11. The molecule has 0 spiro atoms. The molecule has 0 saturated heterocycles. The SMILES string of the molecule is CC(=O)/C=C/C1=CC(=O)CC(C)(C)[C@@]1(C)O. The van der Waals surface area contributed by atoms with Crippen LogP contribution in [-0.4, -0.2) is 22.3 Å². The third-order valence-electron chi connectivity index (χ3n) is 3.31. The zero-order chi connectivity index (χ0) is 12.6. The van der Waals surface area contributed by atoms with Crippen LogP contribution in [0.4, 0.5) is 0 Å². The highest BCUT2D eigenvalue weighted by Crippen LogP contribution is 2.43. The van der Waals surface area contributed by atoms with Gasteiger partial charge in [0.1, 0.15) is 0 Å². The number of aliphatic hydroxyl groups is 1. The zero-order valence-corrected chi connectivity index (χ0v) is 10.2. The Balaban J connectivity index is 3.15.